The van der Waals surface area contributed by atoms with Crippen molar-refractivity contribution in [3.8, 4) is 11.5 Å². The average molecular weight is 422 g/mol. The number of ether oxygens (including phenoxy) is 2. The van der Waals surface area contributed by atoms with Crippen LogP contribution in [0.15, 0.2) is 42.5 Å². The minimum absolute atomic E-state index is 0.0247. The largest absolute Gasteiger partial charge is 0.486 e. The Labute approximate surface area is 171 Å². The molecule has 6 nitrogen and oxygen atoms in total. The second-order valence-corrected chi connectivity index (χ2v) is 6.65. The second-order valence-electron chi connectivity index (χ2n) is 6.65. The minimum Gasteiger partial charge on any atom is -0.486 e. The van der Waals surface area contributed by atoms with Crippen molar-refractivity contribution in [3.05, 3.63) is 53.6 Å². The van der Waals surface area contributed by atoms with Crippen molar-refractivity contribution in [2.45, 2.75) is 19.5 Å². The third-order valence-corrected chi connectivity index (χ3v) is 4.54. The van der Waals surface area contributed by atoms with Crippen molar-refractivity contribution in [1.29, 1.82) is 0 Å². The summed E-state index contributed by atoms with van der Waals surface area (Å²) in [7, 11) is 0. The summed E-state index contributed by atoms with van der Waals surface area (Å²) in [6.07, 6.45) is -4.57. The first kappa shape index (κ1) is 21.5. The number of amides is 2. The summed E-state index contributed by atoms with van der Waals surface area (Å²) < 4.78 is 50.2. The summed E-state index contributed by atoms with van der Waals surface area (Å²) in [4.78, 5) is 26.2. The van der Waals surface area contributed by atoms with Crippen LogP contribution >= 0.6 is 0 Å². The van der Waals surface area contributed by atoms with Gasteiger partial charge in [-0.1, -0.05) is 18.2 Å². The van der Waals surface area contributed by atoms with Gasteiger partial charge >= 0.3 is 6.18 Å². The molecule has 1 N–H and O–H groups in total. The van der Waals surface area contributed by atoms with Crippen LogP contribution in [0, 0.1) is 0 Å². The molecule has 3 rings (SSSR count). The van der Waals surface area contributed by atoms with Gasteiger partial charge in [-0.05, 0) is 36.8 Å². The smallest absolute Gasteiger partial charge is 0.418 e. The lowest BCUT2D eigenvalue weighted by atomic mass is 10.1. The van der Waals surface area contributed by atoms with E-state index in [0.29, 0.717) is 30.3 Å². The monoisotopic (exact) mass is 422 g/mol. The molecule has 0 saturated carbocycles. The molecule has 30 heavy (non-hydrogen) atoms. The Kier molecular flexibility index (Phi) is 6.49. The molecule has 0 saturated heterocycles. The molecule has 0 radical (unpaired) electrons. The Balaban J connectivity index is 1.64. The highest BCUT2D eigenvalue weighted by Gasteiger charge is 2.33. The van der Waals surface area contributed by atoms with E-state index in [4.69, 9.17) is 9.47 Å². The van der Waals surface area contributed by atoms with Crippen LogP contribution in [0.1, 0.15) is 18.1 Å². The molecule has 0 spiro atoms. The van der Waals surface area contributed by atoms with E-state index in [1.54, 1.807) is 25.1 Å². The number of fused-ring (bicyclic) bond motifs is 1. The van der Waals surface area contributed by atoms with Gasteiger partial charge in [0.1, 0.15) is 13.2 Å². The molecule has 1 heterocycles. The average Bonchev–Trinajstić information content (AvgIpc) is 2.71. The highest BCUT2D eigenvalue weighted by molar-refractivity contribution is 5.95. The van der Waals surface area contributed by atoms with Crippen LogP contribution in [0.25, 0.3) is 0 Å². The van der Waals surface area contributed by atoms with E-state index in [1.807, 2.05) is 0 Å². The number of para-hydroxylation sites is 1. The molecule has 2 aromatic rings. The topological polar surface area (TPSA) is 67.9 Å². The first-order valence-corrected chi connectivity index (χ1v) is 9.40. The first-order valence-electron chi connectivity index (χ1n) is 9.40. The van der Waals surface area contributed by atoms with Gasteiger partial charge in [-0.15, -0.1) is 0 Å². The number of likely N-dealkylation sites (N-methyl/N-ethyl adjacent to an activating group) is 1. The van der Waals surface area contributed by atoms with Gasteiger partial charge in [0.05, 0.1) is 24.2 Å². The van der Waals surface area contributed by atoms with Gasteiger partial charge in [0, 0.05) is 6.54 Å². The summed E-state index contributed by atoms with van der Waals surface area (Å²) in [6.45, 7) is 2.45. The Hall–Kier alpha value is -3.23. The lowest BCUT2D eigenvalue weighted by molar-refractivity contribution is -0.137. The van der Waals surface area contributed by atoms with Crippen LogP contribution in [-0.4, -0.2) is 43.0 Å². The van der Waals surface area contributed by atoms with Crippen LogP contribution in [0.5, 0.6) is 11.5 Å². The Morgan fingerprint density at radius 3 is 2.47 bits per heavy atom. The number of carbonyl (C=O) groups is 2. The fourth-order valence-electron chi connectivity index (χ4n) is 3.06. The van der Waals surface area contributed by atoms with E-state index in [0.717, 1.165) is 6.07 Å². The fourth-order valence-corrected chi connectivity index (χ4v) is 3.06. The van der Waals surface area contributed by atoms with Gasteiger partial charge in [0.2, 0.25) is 11.8 Å². The van der Waals surface area contributed by atoms with Crippen LogP contribution in [0.2, 0.25) is 0 Å². The predicted octanol–water partition coefficient (Wildman–Crippen LogP) is 3.51. The lowest BCUT2D eigenvalue weighted by Crippen LogP contribution is -2.39. The molecule has 0 bridgehead atoms. The van der Waals surface area contributed by atoms with E-state index in [1.165, 1.54) is 23.1 Å². The summed E-state index contributed by atoms with van der Waals surface area (Å²) in [6, 6.07) is 9.87. The number of nitrogens with zero attached hydrogens (tertiary/aromatic N) is 1. The molecular weight excluding hydrogens is 401 g/mol. The number of carbonyl (C=O) groups excluding carboxylic acids is 2. The highest BCUT2D eigenvalue weighted by atomic mass is 19.4. The number of rotatable bonds is 6. The highest BCUT2D eigenvalue weighted by Crippen LogP contribution is 2.34. The molecule has 0 aliphatic carbocycles. The van der Waals surface area contributed by atoms with Crippen molar-refractivity contribution in [1.82, 2.24) is 4.90 Å². The molecule has 160 valence electrons. The first-order chi connectivity index (χ1) is 14.3. The van der Waals surface area contributed by atoms with E-state index in [9.17, 15) is 22.8 Å². The van der Waals surface area contributed by atoms with Gasteiger partial charge in [-0.2, -0.15) is 13.2 Å². The van der Waals surface area contributed by atoms with Gasteiger partial charge in [-0.3, -0.25) is 9.59 Å². The SMILES string of the molecule is CCN(CC(=O)Nc1ccccc1C(F)(F)F)C(=O)Cc1ccc2c(c1)OCCO2. The van der Waals surface area contributed by atoms with Crippen molar-refractivity contribution in [3.63, 3.8) is 0 Å². The van der Waals surface area contributed by atoms with Crippen LogP contribution in [0.3, 0.4) is 0 Å². The second kappa shape index (κ2) is 9.06. The molecule has 0 aromatic heterocycles. The summed E-state index contributed by atoms with van der Waals surface area (Å²) >= 11 is 0. The molecule has 2 amide bonds. The lowest BCUT2D eigenvalue weighted by Gasteiger charge is -2.22. The molecule has 1 aliphatic heterocycles. The number of hydrogen-bond acceptors (Lipinski definition) is 4. The predicted molar refractivity (Wildman–Crippen MR) is 103 cm³/mol. The number of anilines is 1. The molecule has 0 atom stereocenters. The molecule has 9 heteroatoms. The number of benzene rings is 2. The fraction of sp³-hybridized carbons (Fsp3) is 0.333. The van der Waals surface area contributed by atoms with Crippen LogP contribution < -0.4 is 14.8 Å². The minimum atomic E-state index is -4.59. The number of nitrogens with one attached hydrogen (secondary N) is 1. The number of halogens is 3. The van der Waals surface area contributed by atoms with Crippen molar-refractivity contribution in [2.75, 3.05) is 31.6 Å². The van der Waals surface area contributed by atoms with Gasteiger partial charge < -0.3 is 19.7 Å². The summed E-state index contributed by atoms with van der Waals surface area (Å²) in [5, 5.41) is 2.25. The van der Waals surface area contributed by atoms with E-state index < -0.39 is 17.6 Å². The van der Waals surface area contributed by atoms with E-state index >= 15 is 0 Å². The third kappa shape index (κ3) is 5.22. The van der Waals surface area contributed by atoms with Crippen molar-refractivity contribution in [2.24, 2.45) is 0 Å². The standard InChI is InChI=1S/C21H21F3N2O4/c1-2-26(13-19(27)25-16-6-4-3-5-15(16)21(22,23)24)20(28)12-14-7-8-17-18(11-14)30-10-9-29-17/h3-8,11H,2,9-10,12-13H2,1H3,(H,25,27). The third-order valence-electron chi connectivity index (χ3n) is 4.54. The number of hydrogen-bond donors (Lipinski definition) is 1. The molecular formula is C21H21F3N2O4. The zero-order chi connectivity index (χ0) is 21.7. The summed E-state index contributed by atoms with van der Waals surface area (Å²) in [5.74, 6) is 0.126. The molecule has 0 unspecified atom stereocenters. The maximum absolute atomic E-state index is 13.1. The zero-order valence-electron chi connectivity index (χ0n) is 16.3. The number of alkyl halides is 3. The van der Waals surface area contributed by atoms with Crippen molar-refractivity contribution >= 4 is 17.5 Å². The van der Waals surface area contributed by atoms with Crippen LogP contribution in [-0.2, 0) is 22.2 Å². The van der Waals surface area contributed by atoms with E-state index in [-0.39, 0.29) is 31.1 Å². The Morgan fingerprint density at radius 2 is 1.77 bits per heavy atom. The molecule has 2 aromatic carbocycles. The zero-order valence-corrected chi connectivity index (χ0v) is 16.3. The van der Waals surface area contributed by atoms with Crippen LogP contribution in [0.4, 0.5) is 18.9 Å². The van der Waals surface area contributed by atoms with Gasteiger partial charge in [-0.25, -0.2) is 0 Å². The Morgan fingerprint density at radius 1 is 1.07 bits per heavy atom. The Bertz CT molecular complexity index is 931. The maximum Gasteiger partial charge on any atom is 0.418 e. The quantitative estimate of drug-likeness (QED) is 0.774. The molecule has 1 aliphatic rings. The normalized spacial score (nSPS) is 12.9. The summed E-state index contributed by atoms with van der Waals surface area (Å²) in [5.41, 5.74) is -0.597. The van der Waals surface area contributed by atoms with Gasteiger partial charge in [0.25, 0.3) is 0 Å². The van der Waals surface area contributed by atoms with E-state index in [2.05, 4.69) is 5.32 Å². The van der Waals surface area contributed by atoms with Crippen molar-refractivity contribution < 1.29 is 32.2 Å². The molecule has 0 fully saturated rings. The van der Waals surface area contributed by atoms with Gasteiger partial charge in [0.15, 0.2) is 11.5 Å². The maximum atomic E-state index is 13.1.